The lowest BCUT2D eigenvalue weighted by Crippen LogP contribution is -2.50. The molecule has 0 aromatic heterocycles. The third-order valence-corrected chi connectivity index (χ3v) is 4.22. The second-order valence-corrected chi connectivity index (χ2v) is 5.66. The van der Waals surface area contributed by atoms with Crippen LogP contribution in [0.1, 0.15) is 30.5 Å². The first-order chi connectivity index (χ1) is 9.74. The third kappa shape index (κ3) is 2.88. The Bertz CT molecular complexity index is 590. The van der Waals surface area contributed by atoms with Crippen molar-refractivity contribution in [3.8, 4) is 0 Å². The van der Waals surface area contributed by atoms with Crippen molar-refractivity contribution in [2.45, 2.75) is 31.8 Å². The van der Waals surface area contributed by atoms with Crippen LogP contribution in [0.25, 0.3) is 0 Å². The highest BCUT2D eigenvalue weighted by Crippen LogP contribution is 2.31. The molecule has 114 valence electrons. The molecule has 1 aromatic carbocycles. The van der Waals surface area contributed by atoms with Crippen molar-refractivity contribution in [2.75, 3.05) is 13.1 Å². The summed E-state index contributed by atoms with van der Waals surface area (Å²) in [5.74, 6) is -1.01. The van der Waals surface area contributed by atoms with E-state index in [-0.39, 0.29) is 18.3 Å². The van der Waals surface area contributed by atoms with Crippen LogP contribution in [-0.2, 0) is 4.79 Å². The van der Waals surface area contributed by atoms with Gasteiger partial charge in [0.25, 0.3) is 5.69 Å². The summed E-state index contributed by atoms with van der Waals surface area (Å²) in [7, 11) is 0. The van der Waals surface area contributed by atoms with Crippen LogP contribution in [-0.4, -0.2) is 39.5 Å². The van der Waals surface area contributed by atoms with Gasteiger partial charge in [0.05, 0.1) is 4.92 Å². The lowest BCUT2D eigenvalue weighted by atomic mass is 10.0. The molecule has 0 bridgehead atoms. The van der Waals surface area contributed by atoms with E-state index in [2.05, 4.69) is 0 Å². The second-order valence-electron chi connectivity index (χ2n) is 5.66. The molecular weight excluding hydrogens is 274 g/mol. The molecule has 7 nitrogen and oxygen atoms in total. The first-order valence-corrected chi connectivity index (χ1v) is 6.76. The summed E-state index contributed by atoms with van der Waals surface area (Å²) in [4.78, 5) is 23.7. The van der Waals surface area contributed by atoms with Crippen molar-refractivity contribution in [1.29, 1.82) is 0 Å². The van der Waals surface area contributed by atoms with Gasteiger partial charge < -0.3 is 10.8 Å². The Hall–Kier alpha value is -1.99. The van der Waals surface area contributed by atoms with Crippen molar-refractivity contribution in [1.82, 2.24) is 4.90 Å². The number of rotatable bonds is 4. The van der Waals surface area contributed by atoms with Crippen LogP contribution in [0.5, 0.6) is 0 Å². The van der Waals surface area contributed by atoms with Gasteiger partial charge in [-0.2, -0.15) is 0 Å². The van der Waals surface area contributed by atoms with Gasteiger partial charge in [-0.05, 0) is 25.8 Å². The fourth-order valence-electron chi connectivity index (χ4n) is 2.66. The highest BCUT2D eigenvalue weighted by atomic mass is 16.6. The van der Waals surface area contributed by atoms with Crippen molar-refractivity contribution in [2.24, 2.45) is 5.73 Å². The molecule has 2 unspecified atom stereocenters. The number of carboxylic acid groups (broad SMARTS) is 1. The van der Waals surface area contributed by atoms with Gasteiger partial charge in [-0.15, -0.1) is 0 Å². The van der Waals surface area contributed by atoms with Crippen LogP contribution in [0.15, 0.2) is 18.2 Å². The van der Waals surface area contributed by atoms with Gasteiger partial charge in [-0.25, -0.2) is 0 Å². The van der Waals surface area contributed by atoms with E-state index in [1.54, 1.807) is 19.1 Å². The molecule has 1 aliphatic rings. The van der Waals surface area contributed by atoms with E-state index in [0.717, 1.165) is 5.56 Å². The Labute approximate surface area is 122 Å². The maximum absolute atomic E-state index is 11.2. The Kier molecular flexibility index (Phi) is 3.97. The molecule has 0 amide bonds. The van der Waals surface area contributed by atoms with E-state index in [1.807, 2.05) is 17.9 Å². The van der Waals surface area contributed by atoms with E-state index in [0.29, 0.717) is 18.5 Å². The first-order valence-electron chi connectivity index (χ1n) is 6.76. The molecule has 1 aromatic rings. The van der Waals surface area contributed by atoms with Crippen molar-refractivity contribution in [3.63, 3.8) is 0 Å². The minimum absolute atomic E-state index is 0.0794. The van der Waals surface area contributed by atoms with Crippen LogP contribution in [0.3, 0.4) is 0 Å². The Morgan fingerprint density at radius 2 is 2.24 bits per heavy atom. The molecular formula is C14H19N3O4. The summed E-state index contributed by atoms with van der Waals surface area (Å²) in [6.07, 6.45) is 0.376. The van der Waals surface area contributed by atoms with E-state index in [9.17, 15) is 14.9 Å². The van der Waals surface area contributed by atoms with Crippen LogP contribution in [0.2, 0.25) is 0 Å². The number of nitro groups is 1. The van der Waals surface area contributed by atoms with Crippen molar-refractivity contribution in [3.05, 3.63) is 39.4 Å². The first kappa shape index (κ1) is 15.4. The maximum atomic E-state index is 11.2. The van der Waals surface area contributed by atoms with Crippen LogP contribution in [0.4, 0.5) is 5.69 Å². The number of hydrogen-bond donors (Lipinski definition) is 2. The van der Waals surface area contributed by atoms with E-state index >= 15 is 0 Å². The van der Waals surface area contributed by atoms with E-state index in [4.69, 9.17) is 10.8 Å². The van der Waals surface area contributed by atoms with Crippen molar-refractivity contribution >= 4 is 11.7 Å². The van der Waals surface area contributed by atoms with Gasteiger partial charge in [0.1, 0.15) is 5.54 Å². The third-order valence-electron chi connectivity index (χ3n) is 4.22. The number of hydrogen-bond acceptors (Lipinski definition) is 5. The quantitative estimate of drug-likeness (QED) is 0.642. The molecule has 0 aliphatic carbocycles. The normalized spacial score (nSPS) is 24.0. The topological polar surface area (TPSA) is 110 Å². The average molecular weight is 293 g/mol. The summed E-state index contributed by atoms with van der Waals surface area (Å²) in [5.41, 5.74) is 6.11. The number of carbonyl (C=O) groups is 1. The van der Waals surface area contributed by atoms with Gasteiger partial charge in [0.2, 0.25) is 0 Å². The van der Waals surface area contributed by atoms with Crippen molar-refractivity contribution < 1.29 is 14.8 Å². The standard InChI is InChI=1S/C14H19N3O4/c1-9-3-4-11(7-12(9)17(20)21)10(2)16-6-5-14(15,8-16)13(18)19/h3-4,7,10H,5-6,8,15H2,1-2H3,(H,18,19). The number of likely N-dealkylation sites (tertiary alicyclic amines) is 1. The van der Waals surface area contributed by atoms with Gasteiger partial charge in [0, 0.05) is 30.8 Å². The Morgan fingerprint density at radius 3 is 2.76 bits per heavy atom. The van der Waals surface area contributed by atoms with Gasteiger partial charge in [-0.3, -0.25) is 19.8 Å². The number of aliphatic carboxylic acids is 1. The van der Waals surface area contributed by atoms with Gasteiger partial charge in [-0.1, -0.05) is 12.1 Å². The predicted octanol–water partition coefficient (Wildman–Crippen LogP) is 1.45. The maximum Gasteiger partial charge on any atom is 0.325 e. The van der Waals surface area contributed by atoms with Crippen LogP contribution in [0, 0.1) is 17.0 Å². The number of benzene rings is 1. The lowest BCUT2D eigenvalue weighted by Gasteiger charge is -2.26. The van der Waals surface area contributed by atoms with E-state index < -0.39 is 16.4 Å². The lowest BCUT2D eigenvalue weighted by molar-refractivity contribution is -0.385. The minimum Gasteiger partial charge on any atom is -0.480 e. The summed E-state index contributed by atoms with van der Waals surface area (Å²) in [6.45, 7) is 4.40. The van der Waals surface area contributed by atoms with Gasteiger partial charge >= 0.3 is 5.97 Å². The summed E-state index contributed by atoms with van der Waals surface area (Å²) in [6, 6.07) is 4.99. The molecule has 1 aliphatic heterocycles. The number of aryl methyl sites for hydroxylation is 1. The summed E-state index contributed by atoms with van der Waals surface area (Å²) >= 11 is 0. The minimum atomic E-state index is -1.23. The molecule has 0 spiro atoms. The number of nitro benzene ring substituents is 1. The fourth-order valence-corrected chi connectivity index (χ4v) is 2.66. The van der Waals surface area contributed by atoms with Crippen LogP contribution < -0.4 is 5.73 Å². The zero-order chi connectivity index (χ0) is 15.8. The number of nitrogens with zero attached hydrogens (tertiary/aromatic N) is 2. The molecule has 1 saturated heterocycles. The molecule has 7 heteroatoms. The summed E-state index contributed by atoms with van der Waals surface area (Å²) < 4.78 is 0. The highest BCUT2D eigenvalue weighted by Gasteiger charge is 2.42. The summed E-state index contributed by atoms with van der Waals surface area (Å²) in [5, 5.41) is 20.2. The molecule has 0 saturated carbocycles. The smallest absolute Gasteiger partial charge is 0.325 e. The highest BCUT2D eigenvalue weighted by molar-refractivity contribution is 5.79. The molecule has 2 rings (SSSR count). The molecule has 1 heterocycles. The number of carboxylic acids is 1. The Morgan fingerprint density at radius 1 is 1.57 bits per heavy atom. The fraction of sp³-hybridized carbons (Fsp3) is 0.500. The molecule has 3 N–H and O–H groups in total. The number of nitrogens with two attached hydrogens (primary N) is 1. The average Bonchev–Trinajstić information content (AvgIpc) is 2.82. The SMILES string of the molecule is Cc1ccc(C(C)N2CCC(N)(C(=O)O)C2)cc1[N+](=O)[O-]. The van der Waals surface area contributed by atoms with Crippen LogP contribution >= 0.6 is 0 Å². The monoisotopic (exact) mass is 293 g/mol. The predicted molar refractivity (Wildman–Crippen MR) is 77.0 cm³/mol. The molecule has 1 fully saturated rings. The largest absolute Gasteiger partial charge is 0.480 e. The van der Waals surface area contributed by atoms with Gasteiger partial charge in [0.15, 0.2) is 0 Å². The van der Waals surface area contributed by atoms with E-state index in [1.165, 1.54) is 0 Å². The zero-order valence-corrected chi connectivity index (χ0v) is 12.1. The zero-order valence-electron chi connectivity index (χ0n) is 12.1. The Balaban J connectivity index is 2.22. The molecule has 21 heavy (non-hydrogen) atoms. The molecule has 2 atom stereocenters. The second kappa shape index (κ2) is 5.42. The molecule has 0 radical (unpaired) electrons.